The van der Waals surface area contributed by atoms with Gasteiger partial charge in [-0.1, -0.05) is 6.42 Å². The Morgan fingerprint density at radius 2 is 2.14 bits per heavy atom. The van der Waals surface area contributed by atoms with Gasteiger partial charge in [0.25, 0.3) is 0 Å². The summed E-state index contributed by atoms with van der Waals surface area (Å²) in [6, 6.07) is 0. The highest BCUT2D eigenvalue weighted by molar-refractivity contribution is 4.73. The largest absolute Gasteiger partial charge is 0.383 e. The SMILES string of the molecule is COCCN(CCCN)CC1CCC1. The lowest BCUT2D eigenvalue weighted by molar-refractivity contribution is 0.120. The van der Waals surface area contributed by atoms with Crippen molar-refractivity contribution in [3.63, 3.8) is 0 Å². The molecule has 1 saturated carbocycles. The molecule has 1 aliphatic carbocycles. The Labute approximate surface area is 87.6 Å². The molecule has 84 valence electrons. The van der Waals surface area contributed by atoms with Gasteiger partial charge in [0.05, 0.1) is 6.61 Å². The Hall–Kier alpha value is -0.120. The van der Waals surface area contributed by atoms with Crippen LogP contribution in [0.15, 0.2) is 0 Å². The van der Waals surface area contributed by atoms with Crippen LogP contribution in [0.3, 0.4) is 0 Å². The standard InChI is InChI=1S/C11H24N2O/c1-14-9-8-13(7-3-6-12)10-11-4-2-5-11/h11H,2-10,12H2,1H3. The maximum Gasteiger partial charge on any atom is 0.0589 e. The van der Waals surface area contributed by atoms with Crippen LogP contribution in [0.4, 0.5) is 0 Å². The van der Waals surface area contributed by atoms with E-state index >= 15 is 0 Å². The summed E-state index contributed by atoms with van der Waals surface area (Å²) in [6.07, 6.45) is 5.38. The molecule has 0 aromatic rings. The van der Waals surface area contributed by atoms with Crippen LogP contribution < -0.4 is 5.73 Å². The van der Waals surface area contributed by atoms with Crippen LogP contribution in [0.25, 0.3) is 0 Å². The minimum atomic E-state index is 0.800. The van der Waals surface area contributed by atoms with Gasteiger partial charge in [0.15, 0.2) is 0 Å². The van der Waals surface area contributed by atoms with Gasteiger partial charge in [-0.3, -0.25) is 0 Å². The van der Waals surface area contributed by atoms with Crippen LogP contribution in [0.1, 0.15) is 25.7 Å². The third kappa shape index (κ3) is 4.40. The van der Waals surface area contributed by atoms with E-state index in [2.05, 4.69) is 4.90 Å². The molecular weight excluding hydrogens is 176 g/mol. The van der Waals surface area contributed by atoms with Gasteiger partial charge in [-0.25, -0.2) is 0 Å². The summed E-state index contributed by atoms with van der Waals surface area (Å²) >= 11 is 0. The van der Waals surface area contributed by atoms with Crippen molar-refractivity contribution >= 4 is 0 Å². The number of nitrogens with zero attached hydrogens (tertiary/aromatic N) is 1. The molecule has 0 unspecified atom stereocenters. The Morgan fingerprint density at radius 3 is 2.64 bits per heavy atom. The summed E-state index contributed by atoms with van der Waals surface area (Å²) in [5.74, 6) is 0.949. The minimum absolute atomic E-state index is 0.800. The Bertz CT molecular complexity index is 129. The monoisotopic (exact) mass is 200 g/mol. The summed E-state index contributed by atoms with van der Waals surface area (Å²) in [7, 11) is 1.77. The molecule has 0 amide bonds. The lowest BCUT2D eigenvalue weighted by Gasteiger charge is -2.32. The number of hydrogen-bond acceptors (Lipinski definition) is 3. The molecule has 0 heterocycles. The van der Waals surface area contributed by atoms with E-state index in [-0.39, 0.29) is 0 Å². The fraction of sp³-hybridized carbons (Fsp3) is 1.00. The van der Waals surface area contributed by atoms with E-state index in [9.17, 15) is 0 Å². The Balaban J connectivity index is 2.12. The molecule has 0 atom stereocenters. The summed E-state index contributed by atoms with van der Waals surface area (Å²) in [6.45, 7) is 5.10. The van der Waals surface area contributed by atoms with Crippen LogP contribution in [0.5, 0.6) is 0 Å². The molecule has 0 spiro atoms. The topological polar surface area (TPSA) is 38.5 Å². The highest BCUT2D eigenvalue weighted by Crippen LogP contribution is 2.26. The van der Waals surface area contributed by atoms with Gasteiger partial charge in [0.2, 0.25) is 0 Å². The molecule has 3 heteroatoms. The van der Waals surface area contributed by atoms with Gasteiger partial charge >= 0.3 is 0 Å². The first-order chi connectivity index (χ1) is 6.86. The van der Waals surface area contributed by atoms with Crippen LogP contribution in [-0.2, 0) is 4.74 Å². The average Bonchev–Trinajstić information content (AvgIpc) is 2.14. The number of rotatable bonds is 8. The maximum absolute atomic E-state index is 5.52. The van der Waals surface area contributed by atoms with Crippen molar-refractivity contribution in [3.05, 3.63) is 0 Å². The molecule has 3 nitrogen and oxygen atoms in total. The zero-order valence-electron chi connectivity index (χ0n) is 9.37. The summed E-state index contributed by atoms with van der Waals surface area (Å²) in [4.78, 5) is 2.50. The minimum Gasteiger partial charge on any atom is -0.383 e. The zero-order valence-corrected chi connectivity index (χ0v) is 9.37. The number of methoxy groups -OCH3 is 1. The van der Waals surface area contributed by atoms with Gasteiger partial charge in [0.1, 0.15) is 0 Å². The van der Waals surface area contributed by atoms with E-state index in [1.165, 1.54) is 25.8 Å². The summed E-state index contributed by atoms with van der Waals surface area (Å²) in [5, 5.41) is 0. The first-order valence-corrected chi connectivity index (χ1v) is 5.78. The van der Waals surface area contributed by atoms with Crippen molar-refractivity contribution in [3.8, 4) is 0 Å². The van der Waals surface area contributed by atoms with Crippen molar-refractivity contribution in [2.45, 2.75) is 25.7 Å². The predicted octanol–water partition coefficient (Wildman–Crippen LogP) is 1.08. The molecule has 0 aliphatic heterocycles. The number of nitrogens with two attached hydrogens (primary N) is 1. The lowest BCUT2D eigenvalue weighted by atomic mass is 9.85. The summed E-state index contributed by atoms with van der Waals surface area (Å²) in [5.41, 5.74) is 5.52. The predicted molar refractivity (Wildman–Crippen MR) is 59.3 cm³/mol. The molecule has 1 rings (SSSR count). The van der Waals surface area contributed by atoms with Gasteiger partial charge in [-0.2, -0.15) is 0 Å². The van der Waals surface area contributed by atoms with Crippen molar-refractivity contribution in [2.24, 2.45) is 11.7 Å². The first kappa shape index (κ1) is 12.0. The van der Waals surface area contributed by atoms with Gasteiger partial charge in [-0.15, -0.1) is 0 Å². The maximum atomic E-state index is 5.52. The Kier molecular flexibility index (Phi) is 6.15. The second kappa shape index (κ2) is 7.21. The van der Waals surface area contributed by atoms with Gasteiger partial charge in [0, 0.05) is 20.2 Å². The molecule has 1 fully saturated rings. The molecule has 2 N–H and O–H groups in total. The third-order valence-corrected chi connectivity index (χ3v) is 3.03. The average molecular weight is 200 g/mol. The smallest absolute Gasteiger partial charge is 0.0589 e. The van der Waals surface area contributed by atoms with Crippen molar-refractivity contribution in [1.29, 1.82) is 0 Å². The van der Waals surface area contributed by atoms with Crippen molar-refractivity contribution in [1.82, 2.24) is 4.90 Å². The molecule has 0 radical (unpaired) electrons. The van der Waals surface area contributed by atoms with Gasteiger partial charge in [-0.05, 0) is 38.3 Å². The normalized spacial score (nSPS) is 17.4. The first-order valence-electron chi connectivity index (χ1n) is 5.78. The molecular formula is C11H24N2O. The molecule has 0 aromatic carbocycles. The number of hydrogen-bond donors (Lipinski definition) is 1. The fourth-order valence-electron chi connectivity index (χ4n) is 1.87. The van der Waals surface area contributed by atoms with Crippen LogP contribution in [0.2, 0.25) is 0 Å². The van der Waals surface area contributed by atoms with E-state index in [0.29, 0.717) is 0 Å². The zero-order chi connectivity index (χ0) is 10.2. The van der Waals surface area contributed by atoms with Crippen LogP contribution in [0, 0.1) is 5.92 Å². The fourth-order valence-corrected chi connectivity index (χ4v) is 1.87. The molecule has 0 aromatic heterocycles. The number of ether oxygens (including phenoxy) is 1. The highest BCUT2D eigenvalue weighted by atomic mass is 16.5. The molecule has 0 bridgehead atoms. The lowest BCUT2D eigenvalue weighted by Crippen LogP contribution is -2.36. The van der Waals surface area contributed by atoms with Gasteiger partial charge < -0.3 is 15.4 Å². The van der Waals surface area contributed by atoms with Crippen LogP contribution >= 0.6 is 0 Å². The third-order valence-electron chi connectivity index (χ3n) is 3.03. The Morgan fingerprint density at radius 1 is 1.36 bits per heavy atom. The highest BCUT2D eigenvalue weighted by Gasteiger charge is 2.20. The van der Waals surface area contributed by atoms with E-state index in [1.807, 2.05) is 0 Å². The van der Waals surface area contributed by atoms with E-state index < -0.39 is 0 Å². The molecule has 0 saturated heterocycles. The molecule has 14 heavy (non-hydrogen) atoms. The second-order valence-electron chi connectivity index (χ2n) is 4.23. The van der Waals surface area contributed by atoms with E-state index in [0.717, 1.165) is 38.6 Å². The van der Waals surface area contributed by atoms with E-state index in [4.69, 9.17) is 10.5 Å². The van der Waals surface area contributed by atoms with Crippen molar-refractivity contribution in [2.75, 3.05) is 39.9 Å². The summed E-state index contributed by atoms with van der Waals surface area (Å²) < 4.78 is 5.11. The van der Waals surface area contributed by atoms with Crippen molar-refractivity contribution < 1.29 is 4.74 Å². The van der Waals surface area contributed by atoms with E-state index in [1.54, 1.807) is 7.11 Å². The van der Waals surface area contributed by atoms with Crippen LogP contribution in [-0.4, -0.2) is 44.8 Å². The molecule has 1 aliphatic rings. The quantitative estimate of drug-likeness (QED) is 0.637. The second-order valence-corrected chi connectivity index (χ2v) is 4.23.